The molecular formula is C11H6F3I3O4. The summed E-state index contributed by atoms with van der Waals surface area (Å²) in [6.07, 6.45) is -4.75. The zero-order valence-electron chi connectivity index (χ0n) is 10.1. The minimum atomic E-state index is -4.75. The van der Waals surface area contributed by atoms with Crippen LogP contribution in [0.3, 0.4) is 0 Å². The summed E-state index contributed by atoms with van der Waals surface area (Å²) < 4.78 is 43.3. The number of carbonyl (C=O) groups excluding carboxylic acids is 1. The van der Waals surface area contributed by atoms with Gasteiger partial charge in [0.25, 0.3) is 0 Å². The van der Waals surface area contributed by atoms with Gasteiger partial charge in [0, 0.05) is 7.14 Å². The summed E-state index contributed by atoms with van der Waals surface area (Å²) in [7, 11) is 0. The van der Waals surface area contributed by atoms with E-state index in [9.17, 15) is 27.9 Å². The van der Waals surface area contributed by atoms with Crippen molar-refractivity contribution in [3.8, 4) is 5.75 Å². The molecule has 1 N–H and O–H groups in total. The van der Waals surface area contributed by atoms with Gasteiger partial charge in [0.05, 0.1) is 3.57 Å². The minimum absolute atomic E-state index is 0.248. The predicted molar refractivity (Wildman–Crippen MR) is 92.4 cm³/mol. The Hall–Kier alpha value is 0.140. The zero-order valence-corrected chi connectivity index (χ0v) is 16.6. The third kappa shape index (κ3) is 4.56. The molecule has 0 aliphatic rings. The molecule has 1 rings (SSSR count). The molecule has 0 saturated heterocycles. The second kappa shape index (κ2) is 7.14. The molecule has 0 fully saturated rings. The van der Waals surface area contributed by atoms with Crippen LogP contribution in [0.2, 0.25) is 0 Å². The summed E-state index contributed by atoms with van der Waals surface area (Å²) in [5.41, 5.74) is -0.324. The lowest BCUT2D eigenvalue weighted by atomic mass is 10.1. The van der Waals surface area contributed by atoms with Crippen molar-refractivity contribution in [2.75, 3.05) is 0 Å². The summed E-state index contributed by atoms with van der Waals surface area (Å²) in [6, 6.07) is 1.52. The average Bonchev–Trinajstić information content (AvgIpc) is 2.33. The van der Waals surface area contributed by atoms with Crippen LogP contribution in [0.1, 0.15) is 17.3 Å². The van der Waals surface area contributed by atoms with E-state index in [4.69, 9.17) is 4.74 Å². The lowest BCUT2D eigenvalue weighted by molar-refractivity contribution is -0.187. The Labute approximate surface area is 158 Å². The summed E-state index contributed by atoms with van der Waals surface area (Å²) >= 11 is 5.34. The highest BCUT2D eigenvalue weighted by molar-refractivity contribution is 14.1. The monoisotopic (exact) mass is 640 g/mol. The van der Waals surface area contributed by atoms with Crippen molar-refractivity contribution in [2.45, 2.75) is 13.1 Å². The van der Waals surface area contributed by atoms with Crippen molar-refractivity contribution in [1.29, 1.82) is 0 Å². The number of halogens is 6. The molecule has 0 bridgehead atoms. The first-order valence-electron chi connectivity index (χ1n) is 5.16. The zero-order chi connectivity index (χ0) is 16.5. The van der Waals surface area contributed by atoms with Gasteiger partial charge in [0.15, 0.2) is 5.75 Å². The van der Waals surface area contributed by atoms with E-state index in [1.165, 1.54) is 6.07 Å². The maximum Gasteiger partial charge on any atom is 0.401 e. The Bertz CT molecular complexity index is 601. The van der Waals surface area contributed by atoms with E-state index in [1.54, 1.807) is 45.2 Å². The number of carboxylic acid groups (broad SMARTS) is 1. The first-order valence-corrected chi connectivity index (χ1v) is 8.39. The molecule has 1 unspecified atom stereocenters. The van der Waals surface area contributed by atoms with Crippen molar-refractivity contribution in [3.05, 3.63) is 22.3 Å². The second-order valence-corrected chi connectivity index (χ2v) is 7.25. The number of carbonyl (C=O) groups is 2. The van der Waals surface area contributed by atoms with Gasteiger partial charge in [-0.25, -0.2) is 4.79 Å². The standard InChI is InChI=1S/C11H6F3I3O4/c1-3(11(12,13)14)10(20)21-8-5(16)2-4(15)7(17)6(8)9(18)19/h2-3H,1H3,(H,18,19). The number of rotatable bonds is 3. The SMILES string of the molecule is CC(C(=O)Oc1c(I)cc(I)c(I)c1C(=O)O)C(F)(F)F. The molecule has 0 spiro atoms. The number of alkyl halides is 3. The van der Waals surface area contributed by atoms with Gasteiger partial charge in [-0.3, -0.25) is 4.79 Å². The molecule has 0 aliphatic heterocycles. The molecule has 1 aromatic carbocycles. The number of carboxylic acids is 1. The van der Waals surface area contributed by atoms with Crippen molar-refractivity contribution in [1.82, 2.24) is 0 Å². The molecule has 1 aromatic rings. The van der Waals surface area contributed by atoms with E-state index in [0.29, 0.717) is 14.1 Å². The van der Waals surface area contributed by atoms with E-state index >= 15 is 0 Å². The summed E-state index contributed by atoms with van der Waals surface area (Å²) in [6.45, 7) is 0.660. The number of hydrogen-bond donors (Lipinski definition) is 1. The Kier molecular flexibility index (Phi) is 6.53. The molecule has 0 radical (unpaired) electrons. The van der Waals surface area contributed by atoms with Crippen LogP contribution in [0.25, 0.3) is 0 Å². The maximum absolute atomic E-state index is 12.5. The van der Waals surface area contributed by atoms with Crippen LogP contribution in [0.15, 0.2) is 6.07 Å². The summed E-state index contributed by atoms with van der Waals surface area (Å²) in [5.74, 6) is -5.63. The van der Waals surface area contributed by atoms with Crippen LogP contribution in [-0.2, 0) is 4.79 Å². The number of benzene rings is 1. The van der Waals surface area contributed by atoms with Gasteiger partial charge in [0.1, 0.15) is 11.5 Å². The Morgan fingerprint density at radius 2 is 1.76 bits per heavy atom. The topological polar surface area (TPSA) is 63.6 Å². The predicted octanol–water partition coefficient (Wildman–Crippen LogP) is 4.30. The van der Waals surface area contributed by atoms with Gasteiger partial charge in [-0.05, 0) is 80.8 Å². The van der Waals surface area contributed by atoms with E-state index in [1.807, 2.05) is 22.6 Å². The highest BCUT2D eigenvalue weighted by Crippen LogP contribution is 2.35. The van der Waals surface area contributed by atoms with Gasteiger partial charge < -0.3 is 9.84 Å². The van der Waals surface area contributed by atoms with Gasteiger partial charge in [0.2, 0.25) is 0 Å². The van der Waals surface area contributed by atoms with E-state index < -0.39 is 24.0 Å². The Balaban J connectivity index is 3.29. The van der Waals surface area contributed by atoms with Crippen LogP contribution >= 0.6 is 67.8 Å². The molecule has 0 aromatic heterocycles. The van der Waals surface area contributed by atoms with Gasteiger partial charge in [-0.2, -0.15) is 13.2 Å². The van der Waals surface area contributed by atoms with Crippen LogP contribution in [0.5, 0.6) is 5.75 Å². The smallest absolute Gasteiger partial charge is 0.401 e. The highest BCUT2D eigenvalue weighted by Gasteiger charge is 2.43. The molecule has 0 saturated carbocycles. The minimum Gasteiger partial charge on any atom is -0.478 e. The fourth-order valence-electron chi connectivity index (χ4n) is 1.19. The fraction of sp³-hybridized carbons (Fsp3) is 0.273. The van der Waals surface area contributed by atoms with E-state index in [0.717, 1.165) is 0 Å². The van der Waals surface area contributed by atoms with E-state index in [-0.39, 0.29) is 14.9 Å². The van der Waals surface area contributed by atoms with Gasteiger partial charge >= 0.3 is 18.1 Å². The van der Waals surface area contributed by atoms with Gasteiger partial charge in [-0.15, -0.1) is 0 Å². The van der Waals surface area contributed by atoms with Gasteiger partial charge in [-0.1, -0.05) is 0 Å². The Morgan fingerprint density at radius 3 is 2.19 bits per heavy atom. The van der Waals surface area contributed by atoms with Crippen molar-refractivity contribution < 1.29 is 32.6 Å². The number of aromatic carboxylic acids is 1. The van der Waals surface area contributed by atoms with Crippen molar-refractivity contribution in [3.63, 3.8) is 0 Å². The highest BCUT2D eigenvalue weighted by atomic mass is 127. The summed E-state index contributed by atoms with van der Waals surface area (Å²) in [5, 5.41) is 9.18. The molecule has 4 nitrogen and oxygen atoms in total. The second-order valence-electron chi connectivity index (χ2n) is 3.85. The van der Waals surface area contributed by atoms with Crippen LogP contribution in [0.4, 0.5) is 13.2 Å². The third-order valence-corrected chi connectivity index (χ3v) is 6.19. The van der Waals surface area contributed by atoms with Crippen LogP contribution < -0.4 is 4.74 Å². The first kappa shape index (κ1) is 19.2. The summed E-state index contributed by atoms with van der Waals surface area (Å²) in [4.78, 5) is 22.8. The molecule has 0 amide bonds. The number of hydrogen-bond acceptors (Lipinski definition) is 3. The molecule has 0 aliphatic carbocycles. The number of ether oxygens (including phenoxy) is 1. The largest absolute Gasteiger partial charge is 0.478 e. The molecule has 0 heterocycles. The molecule has 1 atom stereocenters. The maximum atomic E-state index is 12.5. The lowest BCUT2D eigenvalue weighted by Crippen LogP contribution is -2.32. The normalized spacial score (nSPS) is 12.9. The molecular weight excluding hydrogens is 634 g/mol. The van der Waals surface area contributed by atoms with E-state index in [2.05, 4.69) is 0 Å². The van der Waals surface area contributed by atoms with Crippen molar-refractivity contribution >= 4 is 79.7 Å². The quantitative estimate of drug-likeness (QED) is 0.232. The average molecular weight is 640 g/mol. The fourth-order valence-corrected chi connectivity index (χ4v) is 3.69. The van der Waals surface area contributed by atoms with Crippen molar-refractivity contribution in [2.24, 2.45) is 5.92 Å². The Morgan fingerprint density at radius 1 is 1.24 bits per heavy atom. The molecule has 116 valence electrons. The van der Waals surface area contributed by atoms with Crippen LogP contribution in [0, 0.1) is 16.6 Å². The first-order chi connectivity index (χ1) is 9.46. The number of esters is 1. The molecule has 10 heteroatoms. The van der Waals surface area contributed by atoms with Crippen LogP contribution in [-0.4, -0.2) is 23.2 Å². The molecule has 21 heavy (non-hydrogen) atoms. The third-order valence-electron chi connectivity index (χ3n) is 2.39. The lowest BCUT2D eigenvalue weighted by Gasteiger charge is -2.17.